The number of hydrogen-bond donors (Lipinski definition) is 1. The number of rotatable bonds is 4. The van der Waals surface area contributed by atoms with E-state index >= 15 is 0 Å². The average Bonchev–Trinajstić information content (AvgIpc) is 3.37. The summed E-state index contributed by atoms with van der Waals surface area (Å²) in [6, 6.07) is 13.9. The van der Waals surface area contributed by atoms with Crippen LogP contribution in [0.1, 0.15) is 30.7 Å². The smallest absolute Gasteiger partial charge is 0.241 e. The number of hydrogen-bond acceptors (Lipinski definition) is 6. The van der Waals surface area contributed by atoms with Crippen molar-refractivity contribution >= 4 is 0 Å². The quantitative estimate of drug-likeness (QED) is 0.753. The van der Waals surface area contributed by atoms with E-state index in [2.05, 4.69) is 32.2 Å². The van der Waals surface area contributed by atoms with Gasteiger partial charge in [0.05, 0.1) is 12.1 Å². The number of pyridine rings is 1. The van der Waals surface area contributed by atoms with Crippen LogP contribution in [0.3, 0.4) is 0 Å². The highest BCUT2D eigenvalue weighted by molar-refractivity contribution is 5.52. The van der Waals surface area contributed by atoms with E-state index in [4.69, 9.17) is 4.52 Å². The molecule has 3 atom stereocenters. The lowest BCUT2D eigenvalue weighted by Crippen LogP contribution is -2.42. The second-order valence-electron chi connectivity index (χ2n) is 7.99. The van der Waals surface area contributed by atoms with Crippen LogP contribution in [0.2, 0.25) is 0 Å². The number of benzene rings is 1. The minimum absolute atomic E-state index is 0.242. The maximum atomic E-state index is 11.6. The molecule has 5 rings (SSSR count). The molecule has 3 heterocycles. The molecule has 0 radical (unpaired) electrons. The number of likely N-dealkylation sites (tertiary alicyclic amines) is 1. The van der Waals surface area contributed by atoms with Gasteiger partial charge >= 0.3 is 0 Å². The van der Waals surface area contributed by atoms with Gasteiger partial charge in [0.1, 0.15) is 0 Å². The van der Waals surface area contributed by atoms with Gasteiger partial charge in [-0.15, -0.1) is 0 Å². The van der Waals surface area contributed by atoms with Crippen LogP contribution in [0, 0.1) is 11.8 Å². The fraction of sp³-hybridized carbons (Fsp3) is 0.409. The number of nitrogens with zero attached hydrogens (tertiary/aromatic N) is 4. The van der Waals surface area contributed by atoms with Gasteiger partial charge in [-0.25, -0.2) is 0 Å². The molecule has 1 aromatic carbocycles. The molecular weight excluding hydrogens is 352 g/mol. The fourth-order valence-electron chi connectivity index (χ4n) is 4.96. The van der Waals surface area contributed by atoms with E-state index in [1.807, 2.05) is 30.3 Å². The summed E-state index contributed by atoms with van der Waals surface area (Å²) in [5.74, 6) is 1.95. The number of aliphatic hydroxyl groups is 1. The molecule has 1 N–H and O–H groups in total. The second kappa shape index (κ2) is 7.11. The van der Waals surface area contributed by atoms with Crippen molar-refractivity contribution in [1.82, 2.24) is 20.0 Å². The predicted octanol–water partition coefficient (Wildman–Crippen LogP) is 3.25. The van der Waals surface area contributed by atoms with Gasteiger partial charge in [0.25, 0.3) is 0 Å². The lowest BCUT2D eigenvalue weighted by atomic mass is 9.67. The molecule has 0 bridgehead atoms. The zero-order chi connectivity index (χ0) is 19.0. The Kier molecular flexibility index (Phi) is 4.45. The first-order chi connectivity index (χ1) is 13.7. The van der Waals surface area contributed by atoms with Crippen LogP contribution in [0.15, 0.2) is 59.4 Å². The highest BCUT2D eigenvalue weighted by Crippen LogP contribution is 2.48. The van der Waals surface area contributed by atoms with Crippen molar-refractivity contribution in [3.05, 3.63) is 66.3 Å². The molecule has 6 nitrogen and oxygen atoms in total. The first kappa shape index (κ1) is 17.5. The summed E-state index contributed by atoms with van der Waals surface area (Å²) in [5, 5.41) is 15.7. The predicted molar refractivity (Wildman–Crippen MR) is 104 cm³/mol. The fourth-order valence-corrected chi connectivity index (χ4v) is 4.96. The Morgan fingerprint density at radius 1 is 1.11 bits per heavy atom. The second-order valence-corrected chi connectivity index (χ2v) is 7.99. The minimum Gasteiger partial charge on any atom is -0.385 e. The molecule has 28 heavy (non-hydrogen) atoms. The van der Waals surface area contributed by atoms with Gasteiger partial charge < -0.3 is 9.63 Å². The van der Waals surface area contributed by atoms with Gasteiger partial charge in [-0.2, -0.15) is 4.98 Å². The van der Waals surface area contributed by atoms with Crippen LogP contribution < -0.4 is 0 Å². The van der Waals surface area contributed by atoms with Crippen molar-refractivity contribution < 1.29 is 9.63 Å². The zero-order valence-electron chi connectivity index (χ0n) is 15.7. The van der Waals surface area contributed by atoms with Crippen LogP contribution in [0.5, 0.6) is 0 Å². The Bertz CT molecular complexity index is 930. The third-order valence-electron chi connectivity index (χ3n) is 6.30. The standard InChI is InChI=1S/C22H24N4O2/c27-22(18-6-2-1-3-7-18)10-4-5-17-13-26(14-19(17)22)15-20-24-21(25-28-20)16-8-11-23-12-9-16/h1-3,6-9,11-12,17,19,27H,4-5,10,13-15H2/t17-,19+,22+/m0/s1. The third kappa shape index (κ3) is 3.12. The largest absolute Gasteiger partial charge is 0.385 e. The van der Waals surface area contributed by atoms with Gasteiger partial charge in [-0.1, -0.05) is 35.5 Å². The Hall–Kier alpha value is -2.57. The van der Waals surface area contributed by atoms with Crippen molar-refractivity contribution in [1.29, 1.82) is 0 Å². The molecular formula is C22H24N4O2. The molecule has 0 amide bonds. The van der Waals surface area contributed by atoms with E-state index in [9.17, 15) is 5.11 Å². The lowest BCUT2D eigenvalue weighted by molar-refractivity contribution is -0.0649. The lowest BCUT2D eigenvalue weighted by Gasteiger charge is -2.41. The Labute approximate surface area is 164 Å². The number of aromatic nitrogens is 3. The molecule has 1 aliphatic carbocycles. The third-order valence-corrected chi connectivity index (χ3v) is 6.30. The van der Waals surface area contributed by atoms with E-state index in [-0.39, 0.29) is 5.92 Å². The van der Waals surface area contributed by atoms with Gasteiger partial charge in [-0.3, -0.25) is 9.88 Å². The molecule has 1 aliphatic heterocycles. The molecule has 1 saturated heterocycles. The van der Waals surface area contributed by atoms with Gasteiger partial charge in [0.2, 0.25) is 11.7 Å². The minimum atomic E-state index is -0.740. The highest BCUT2D eigenvalue weighted by atomic mass is 16.5. The van der Waals surface area contributed by atoms with Crippen molar-refractivity contribution in [2.24, 2.45) is 11.8 Å². The summed E-state index contributed by atoms with van der Waals surface area (Å²) < 4.78 is 5.49. The molecule has 0 spiro atoms. The van der Waals surface area contributed by atoms with Gasteiger partial charge in [0, 0.05) is 37.0 Å². The van der Waals surface area contributed by atoms with E-state index in [0.29, 0.717) is 24.2 Å². The van der Waals surface area contributed by atoms with Crippen LogP contribution in [0.25, 0.3) is 11.4 Å². The molecule has 2 aromatic heterocycles. The van der Waals surface area contributed by atoms with Crippen molar-refractivity contribution in [3.8, 4) is 11.4 Å². The van der Waals surface area contributed by atoms with Crippen molar-refractivity contribution in [3.63, 3.8) is 0 Å². The Morgan fingerprint density at radius 3 is 2.75 bits per heavy atom. The molecule has 2 aliphatic rings. The first-order valence-electron chi connectivity index (χ1n) is 9.95. The summed E-state index contributed by atoms with van der Waals surface area (Å²) in [5.41, 5.74) is 1.21. The maximum Gasteiger partial charge on any atom is 0.241 e. The van der Waals surface area contributed by atoms with Crippen LogP contribution in [-0.4, -0.2) is 38.2 Å². The van der Waals surface area contributed by atoms with Crippen molar-refractivity contribution in [2.75, 3.05) is 13.1 Å². The SMILES string of the molecule is O[C@@]1(c2ccccc2)CCC[C@H]2CN(Cc3nc(-c4ccncc4)no3)C[C@H]21. The Balaban J connectivity index is 1.32. The van der Waals surface area contributed by atoms with Gasteiger partial charge in [-0.05, 0) is 42.9 Å². The van der Waals surface area contributed by atoms with E-state index < -0.39 is 5.60 Å². The van der Waals surface area contributed by atoms with Crippen LogP contribution >= 0.6 is 0 Å². The molecule has 144 valence electrons. The summed E-state index contributed by atoms with van der Waals surface area (Å²) in [6.07, 6.45) is 6.51. The summed E-state index contributed by atoms with van der Waals surface area (Å²) in [6.45, 7) is 2.44. The van der Waals surface area contributed by atoms with E-state index in [1.54, 1.807) is 12.4 Å². The topological polar surface area (TPSA) is 75.3 Å². The van der Waals surface area contributed by atoms with Crippen molar-refractivity contribution in [2.45, 2.75) is 31.4 Å². The average molecular weight is 376 g/mol. The summed E-state index contributed by atoms with van der Waals surface area (Å²) in [4.78, 5) is 10.9. The number of fused-ring (bicyclic) bond motifs is 1. The highest BCUT2D eigenvalue weighted by Gasteiger charge is 2.49. The van der Waals surface area contributed by atoms with E-state index in [0.717, 1.165) is 37.1 Å². The van der Waals surface area contributed by atoms with E-state index in [1.165, 1.54) is 6.42 Å². The normalized spacial score (nSPS) is 27.6. The Morgan fingerprint density at radius 2 is 1.93 bits per heavy atom. The summed E-state index contributed by atoms with van der Waals surface area (Å²) >= 11 is 0. The molecule has 3 aromatic rings. The van der Waals surface area contributed by atoms with Gasteiger partial charge in [0.15, 0.2) is 0 Å². The monoisotopic (exact) mass is 376 g/mol. The van der Waals surface area contributed by atoms with Crippen LogP contribution in [-0.2, 0) is 12.1 Å². The van der Waals surface area contributed by atoms with Crippen LogP contribution in [0.4, 0.5) is 0 Å². The summed E-state index contributed by atoms with van der Waals surface area (Å²) in [7, 11) is 0. The first-order valence-corrected chi connectivity index (χ1v) is 9.95. The molecule has 6 heteroatoms. The maximum absolute atomic E-state index is 11.6. The molecule has 2 fully saturated rings. The zero-order valence-corrected chi connectivity index (χ0v) is 15.7. The molecule has 0 unspecified atom stereocenters. The molecule has 1 saturated carbocycles.